The maximum atomic E-state index is 12.4. The fraction of sp³-hybridized carbons (Fsp3) is 0.375. The molecule has 3 rings (SSSR count). The van der Waals surface area contributed by atoms with E-state index in [1.807, 2.05) is 23.6 Å². The van der Waals surface area contributed by atoms with Gasteiger partial charge in [-0.05, 0) is 49.8 Å². The second-order valence-electron chi connectivity index (χ2n) is 5.39. The highest BCUT2D eigenvalue weighted by molar-refractivity contribution is 7.14. The molecule has 3 nitrogen and oxygen atoms in total. The van der Waals surface area contributed by atoms with E-state index < -0.39 is 0 Å². The minimum absolute atomic E-state index is 0.102. The van der Waals surface area contributed by atoms with E-state index in [9.17, 15) is 9.59 Å². The largest absolute Gasteiger partial charge is 0.355 e. The van der Waals surface area contributed by atoms with Crippen molar-refractivity contribution in [2.45, 2.75) is 31.6 Å². The van der Waals surface area contributed by atoms with Crippen LogP contribution in [0.1, 0.15) is 39.2 Å². The van der Waals surface area contributed by atoms with Gasteiger partial charge in [0.15, 0.2) is 5.78 Å². The molecule has 0 atom stereocenters. The molecule has 0 radical (unpaired) electrons. The van der Waals surface area contributed by atoms with Crippen molar-refractivity contribution in [1.82, 2.24) is 5.32 Å². The number of ketones is 1. The smallest absolute Gasteiger partial charge is 0.231 e. The average Bonchev–Trinajstić information content (AvgIpc) is 2.92. The first kappa shape index (κ1) is 14.5. The number of amides is 1. The summed E-state index contributed by atoms with van der Waals surface area (Å²) < 4.78 is 0. The SMILES string of the molecule is CC(=O)c1ccc(CCNC(=O)C2(c3cccs3)CC2)s1. The molecule has 0 bridgehead atoms. The Labute approximate surface area is 132 Å². The molecule has 0 aliphatic heterocycles. The molecule has 0 saturated heterocycles. The summed E-state index contributed by atoms with van der Waals surface area (Å²) in [5, 5.41) is 5.08. The zero-order valence-corrected chi connectivity index (χ0v) is 13.5. The second-order valence-corrected chi connectivity index (χ2v) is 7.50. The number of rotatable bonds is 6. The first-order chi connectivity index (χ1) is 10.1. The predicted molar refractivity (Wildman–Crippen MR) is 86.3 cm³/mol. The van der Waals surface area contributed by atoms with Crippen molar-refractivity contribution in [2.24, 2.45) is 0 Å². The lowest BCUT2D eigenvalue weighted by Crippen LogP contribution is -2.35. The van der Waals surface area contributed by atoms with Gasteiger partial charge >= 0.3 is 0 Å². The monoisotopic (exact) mass is 319 g/mol. The van der Waals surface area contributed by atoms with Gasteiger partial charge in [0, 0.05) is 16.3 Å². The van der Waals surface area contributed by atoms with Gasteiger partial charge in [-0.15, -0.1) is 22.7 Å². The molecule has 2 aromatic rings. The Hall–Kier alpha value is -1.46. The van der Waals surface area contributed by atoms with Gasteiger partial charge in [-0.25, -0.2) is 0 Å². The van der Waals surface area contributed by atoms with Crippen LogP contribution in [0.25, 0.3) is 0 Å². The molecule has 110 valence electrons. The van der Waals surface area contributed by atoms with Gasteiger partial charge in [0.1, 0.15) is 0 Å². The van der Waals surface area contributed by atoms with Crippen LogP contribution in [0, 0.1) is 0 Å². The van der Waals surface area contributed by atoms with Gasteiger partial charge < -0.3 is 5.32 Å². The zero-order valence-electron chi connectivity index (χ0n) is 11.8. The van der Waals surface area contributed by atoms with Crippen molar-refractivity contribution in [3.8, 4) is 0 Å². The number of Topliss-reactive ketones (excluding diaryl/α,β-unsaturated/α-hetero) is 1. The summed E-state index contributed by atoms with van der Waals surface area (Å²) in [7, 11) is 0. The van der Waals surface area contributed by atoms with E-state index >= 15 is 0 Å². The third kappa shape index (κ3) is 2.94. The number of hydrogen-bond acceptors (Lipinski definition) is 4. The van der Waals surface area contributed by atoms with E-state index in [1.54, 1.807) is 18.3 Å². The highest BCUT2D eigenvalue weighted by Gasteiger charge is 2.51. The Morgan fingerprint density at radius 1 is 1.29 bits per heavy atom. The third-order valence-corrected chi connectivity index (χ3v) is 6.16. The van der Waals surface area contributed by atoms with E-state index in [-0.39, 0.29) is 17.1 Å². The summed E-state index contributed by atoms with van der Waals surface area (Å²) in [4.78, 5) is 26.7. The maximum Gasteiger partial charge on any atom is 0.231 e. The Kier molecular flexibility index (Phi) is 3.95. The number of thiophene rings is 2. The number of hydrogen-bond donors (Lipinski definition) is 1. The van der Waals surface area contributed by atoms with Gasteiger partial charge in [0.2, 0.25) is 5.91 Å². The molecule has 1 amide bonds. The fourth-order valence-corrected chi connectivity index (χ4v) is 4.32. The van der Waals surface area contributed by atoms with Crippen molar-refractivity contribution in [3.05, 3.63) is 44.3 Å². The van der Waals surface area contributed by atoms with Crippen LogP contribution >= 0.6 is 22.7 Å². The van der Waals surface area contributed by atoms with Crippen molar-refractivity contribution in [3.63, 3.8) is 0 Å². The van der Waals surface area contributed by atoms with Crippen molar-refractivity contribution >= 4 is 34.4 Å². The number of carbonyl (C=O) groups excluding carboxylic acids is 2. The minimum Gasteiger partial charge on any atom is -0.355 e. The first-order valence-corrected chi connectivity index (χ1v) is 8.73. The summed E-state index contributed by atoms with van der Waals surface area (Å²) >= 11 is 3.18. The molecular weight excluding hydrogens is 302 g/mol. The van der Waals surface area contributed by atoms with Gasteiger partial charge in [0.25, 0.3) is 0 Å². The lowest BCUT2D eigenvalue weighted by molar-refractivity contribution is -0.123. The van der Waals surface area contributed by atoms with Crippen LogP contribution in [0.2, 0.25) is 0 Å². The van der Waals surface area contributed by atoms with Crippen LogP contribution in [-0.2, 0) is 16.6 Å². The van der Waals surface area contributed by atoms with Crippen LogP contribution in [-0.4, -0.2) is 18.2 Å². The molecule has 0 spiro atoms. The Morgan fingerprint density at radius 3 is 2.67 bits per heavy atom. The van der Waals surface area contributed by atoms with Gasteiger partial charge in [0.05, 0.1) is 10.3 Å². The predicted octanol–water partition coefficient (Wildman–Crippen LogP) is 3.40. The summed E-state index contributed by atoms with van der Waals surface area (Å²) in [6.45, 7) is 2.21. The van der Waals surface area contributed by atoms with Crippen molar-refractivity contribution in [1.29, 1.82) is 0 Å². The van der Waals surface area contributed by atoms with E-state index in [0.29, 0.717) is 6.54 Å². The van der Waals surface area contributed by atoms with E-state index in [4.69, 9.17) is 0 Å². The molecule has 21 heavy (non-hydrogen) atoms. The normalized spacial score (nSPS) is 15.7. The zero-order chi connectivity index (χ0) is 14.9. The third-order valence-electron chi connectivity index (χ3n) is 3.84. The molecule has 1 fully saturated rings. The first-order valence-electron chi connectivity index (χ1n) is 7.04. The highest BCUT2D eigenvalue weighted by Crippen LogP contribution is 2.50. The van der Waals surface area contributed by atoms with Crippen LogP contribution in [0.15, 0.2) is 29.6 Å². The molecule has 1 N–H and O–H groups in total. The van der Waals surface area contributed by atoms with Crippen molar-refractivity contribution in [2.75, 3.05) is 6.54 Å². The van der Waals surface area contributed by atoms with Crippen LogP contribution in [0.3, 0.4) is 0 Å². The van der Waals surface area contributed by atoms with Crippen LogP contribution in [0.5, 0.6) is 0 Å². The minimum atomic E-state index is -0.256. The summed E-state index contributed by atoms with van der Waals surface area (Å²) in [6.07, 6.45) is 2.68. The Morgan fingerprint density at radius 2 is 2.10 bits per heavy atom. The fourth-order valence-electron chi connectivity index (χ4n) is 2.43. The topological polar surface area (TPSA) is 46.2 Å². The molecule has 2 aromatic heterocycles. The van der Waals surface area contributed by atoms with Crippen LogP contribution in [0.4, 0.5) is 0 Å². The van der Waals surface area contributed by atoms with Gasteiger partial charge in [-0.2, -0.15) is 0 Å². The van der Waals surface area contributed by atoms with Gasteiger partial charge in [-0.3, -0.25) is 9.59 Å². The quantitative estimate of drug-likeness (QED) is 0.830. The van der Waals surface area contributed by atoms with Crippen LogP contribution < -0.4 is 5.32 Å². The molecule has 5 heteroatoms. The number of carbonyl (C=O) groups is 2. The molecule has 1 saturated carbocycles. The van der Waals surface area contributed by atoms with E-state index in [0.717, 1.165) is 29.0 Å². The second kappa shape index (κ2) is 5.73. The lowest BCUT2D eigenvalue weighted by atomic mass is 10.0. The maximum absolute atomic E-state index is 12.4. The van der Waals surface area contributed by atoms with Crippen molar-refractivity contribution < 1.29 is 9.59 Å². The molecule has 1 aliphatic carbocycles. The Balaban J connectivity index is 1.53. The molecule has 0 unspecified atom stereocenters. The lowest BCUT2D eigenvalue weighted by Gasteiger charge is -2.13. The highest BCUT2D eigenvalue weighted by atomic mass is 32.1. The Bertz CT molecular complexity index is 654. The van der Waals surface area contributed by atoms with Gasteiger partial charge in [-0.1, -0.05) is 6.07 Å². The molecular formula is C16H17NO2S2. The summed E-state index contributed by atoms with van der Waals surface area (Å²) in [6, 6.07) is 7.88. The summed E-state index contributed by atoms with van der Waals surface area (Å²) in [5.74, 6) is 0.248. The average molecular weight is 319 g/mol. The molecule has 0 aromatic carbocycles. The summed E-state index contributed by atoms with van der Waals surface area (Å²) in [5.41, 5.74) is -0.256. The van der Waals surface area contributed by atoms with E-state index in [1.165, 1.54) is 16.2 Å². The number of nitrogens with one attached hydrogen (secondary N) is 1. The van der Waals surface area contributed by atoms with E-state index in [2.05, 4.69) is 11.4 Å². The standard InChI is InChI=1S/C16H17NO2S2/c1-11(18)13-5-4-12(21-13)6-9-17-15(19)16(7-8-16)14-3-2-10-20-14/h2-5,10H,6-9H2,1H3,(H,17,19). The molecule has 1 aliphatic rings. The molecule has 2 heterocycles.